The number of aliphatic imine (C=N–C) groups is 1. The Morgan fingerprint density at radius 2 is 1.96 bits per heavy atom. The number of benzene rings is 1. The molecule has 0 aliphatic carbocycles. The minimum Gasteiger partial charge on any atom is -0.430 e. The fourth-order valence-corrected chi connectivity index (χ4v) is 2.91. The average Bonchev–Trinajstić information content (AvgIpc) is 2.79. The lowest BCUT2D eigenvalue weighted by atomic mass is 10.0. The van der Waals surface area contributed by atoms with Gasteiger partial charge in [0.1, 0.15) is 11.6 Å². The van der Waals surface area contributed by atoms with Gasteiger partial charge in [-0.2, -0.15) is 5.10 Å². The number of anilines is 1. The first-order chi connectivity index (χ1) is 11.8. The molecule has 1 aromatic carbocycles. The number of ether oxygens (including phenoxy) is 1. The predicted octanol–water partition coefficient (Wildman–Crippen LogP) is 1.57. The molecule has 2 heterocycles. The summed E-state index contributed by atoms with van der Waals surface area (Å²) in [6.07, 6.45) is -1.39. The highest BCUT2D eigenvalue weighted by molar-refractivity contribution is 6.20. The Morgan fingerprint density at radius 3 is 2.60 bits per heavy atom. The van der Waals surface area contributed by atoms with Gasteiger partial charge in [-0.1, -0.05) is 12.1 Å². The van der Waals surface area contributed by atoms with E-state index < -0.39 is 23.9 Å². The Labute approximate surface area is 143 Å². The van der Waals surface area contributed by atoms with Crippen molar-refractivity contribution >= 4 is 23.4 Å². The van der Waals surface area contributed by atoms with Crippen LogP contribution in [0.15, 0.2) is 29.3 Å². The highest BCUT2D eigenvalue weighted by Crippen LogP contribution is 2.30. The molecular formula is C17H17FN4O3. The molecule has 130 valence electrons. The topological polar surface area (TPSA) is 76.8 Å². The summed E-state index contributed by atoms with van der Waals surface area (Å²) in [5.74, 6) is -1.22. The van der Waals surface area contributed by atoms with Crippen molar-refractivity contribution in [3.05, 3.63) is 46.9 Å². The Balaban J connectivity index is 2.31. The summed E-state index contributed by atoms with van der Waals surface area (Å²) in [5.41, 5.74) is 1.54. The third-order valence-corrected chi connectivity index (χ3v) is 3.94. The van der Waals surface area contributed by atoms with Crippen LogP contribution >= 0.6 is 0 Å². The lowest BCUT2D eigenvalue weighted by Gasteiger charge is -2.19. The molecule has 1 aliphatic heterocycles. The average molecular weight is 344 g/mol. The molecule has 0 saturated heterocycles. The third-order valence-electron chi connectivity index (χ3n) is 3.94. The monoisotopic (exact) mass is 344 g/mol. The highest BCUT2D eigenvalue weighted by Gasteiger charge is 2.36. The van der Waals surface area contributed by atoms with Crippen LogP contribution in [0.1, 0.15) is 23.7 Å². The van der Waals surface area contributed by atoms with Gasteiger partial charge in [-0.3, -0.25) is 19.2 Å². The van der Waals surface area contributed by atoms with Crippen molar-refractivity contribution in [2.45, 2.75) is 20.1 Å². The third kappa shape index (κ3) is 2.79. The molecule has 1 atom stereocenters. The zero-order chi connectivity index (χ0) is 18.3. The largest absolute Gasteiger partial charge is 0.430 e. The van der Waals surface area contributed by atoms with Gasteiger partial charge >= 0.3 is 5.97 Å². The predicted molar refractivity (Wildman–Crippen MR) is 88.9 cm³/mol. The zero-order valence-electron chi connectivity index (χ0n) is 14.3. The van der Waals surface area contributed by atoms with E-state index in [1.54, 1.807) is 39.2 Å². The molecule has 8 heteroatoms. The molecule has 1 aromatic heterocycles. The number of likely N-dealkylation sites (N-methyl/N-ethyl adjacent to an activating group) is 1. The first-order valence-electron chi connectivity index (χ1n) is 7.62. The van der Waals surface area contributed by atoms with Crippen molar-refractivity contribution in [1.29, 1.82) is 0 Å². The minimum atomic E-state index is -1.39. The van der Waals surface area contributed by atoms with E-state index in [1.165, 1.54) is 22.6 Å². The van der Waals surface area contributed by atoms with Crippen LogP contribution in [0.25, 0.3) is 0 Å². The van der Waals surface area contributed by atoms with Gasteiger partial charge in [-0.15, -0.1) is 0 Å². The van der Waals surface area contributed by atoms with Crippen LogP contribution in [0.4, 0.5) is 10.2 Å². The molecule has 25 heavy (non-hydrogen) atoms. The standard InChI is InChI=1S/C17H17FN4O3/c1-9-13-14(11-7-5-6-8-12(11)18)19-15(25-10(2)23)17(24)21(3)16(13)22(4)20-9/h5-8,15H,1-4H3. The van der Waals surface area contributed by atoms with Crippen LogP contribution in [0.3, 0.4) is 0 Å². The van der Waals surface area contributed by atoms with Gasteiger partial charge in [0.2, 0.25) is 0 Å². The molecule has 1 unspecified atom stereocenters. The second kappa shape index (κ2) is 6.12. The summed E-state index contributed by atoms with van der Waals surface area (Å²) < 4.78 is 21.0. The van der Waals surface area contributed by atoms with Gasteiger partial charge in [0, 0.05) is 26.6 Å². The number of nitrogens with zero attached hydrogens (tertiary/aromatic N) is 4. The van der Waals surface area contributed by atoms with Gasteiger partial charge in [0.25, 0.3) is 12.1 Å². The van der Waals surface area contributed by atoms with Crippen LogP contribution in [-0.4, -0.2) is 40.6 Å². The Kier molecular flexibility index (Phi) is 4.12. The van der Waals surface area contributed by atoms with E-state index >= 15 is 0 Å². The molecule has 3 rings (SSSR count). The van der Waals surface area contributed by atoms with E-state index in [2.05, 4.69) is 10.1 Å². The molecular weight excluding hydrogens is 327 g/mol. The van der Waals surface area contributed by atoms with Crippen molar-refractivity contribution < 1.29 is 18.7 Å². The second-order valence-electron chi connectivity index (χ2n) is 5.72. The maximum absolute atomic E-state index is 14.4. The smallest absolute Gasteiger partial charge is 0.305 e. The fraction of sp³-hybridized carbons (Fsp3) is 0.294. The lowest BCUT2D eigenvalue weighted by molar-refractivity contribution is -0.152. The molecule has 0 bridgehead atoms. The van der Waals surface area contributed by atoms with Gasteiger partial charge < -0.3 is 4.74 Å². The quantitative estimate of drug-likeness (QED) is 0.775. The number of hydrogen-bond acceptors (Lipinski definition) is 5. The minimum absolute atomic E-state index is 0.208. The summed E-state index contributed by atoms with van der Waals surface area (Å²) >= 11 is 0. The number of esters is 1. The number of aryl methyl sites for hydroxylation is 2. The van der Waals surface area contributed by atoms with Crippen molar-refractivity contribution in [1.82, 2.24) is 9.78 Å². The molecule has 0 fully saturated rings. The number of amides is 1. The molecule has 0 radical (unpaired) electrons. The Morgan fingerprint density at radius 1 is 1.28 bits per heavy atom. The van der Waals surface area contributed by atoms with E-state index in [0.717, 1.165) is 0 Å². The van der Waals surface area contributed by atoms with E-state index in [4.69, 9.17) is 4.74 Å². The lowest BCUT2D eigenvalue weighted by Crippen LogP contribution is -2.38. The van der Waals surface area contributed by atoms with E-state index in [-0.39, 0.29) is 11.3 Å². The van der Waals surface area contributed by atoms with Crippen molar-refractivity contribution in [3.63, 3.8) is 0 Å². The van der Waals surface area contributed by atoms with Gasteiger partial charge in [-0.05, 0) is 19.1 Å². The SMILES string of the molecule is CC(=O)OC1N=C(c2ccccc2F)c2c(C)nn(C)c2N(C)C1=O. The number of aromatic nitrogens is 2. The highest BCUT2D eigenvalue weighted by atomic mass is 19.1. The first kappa shape index (κ1) is 16.8. The number of halogens is 1. The van der Waals surface area contributed by atoms with E-state index in [0.29, 0.717) is 17.1 Å². The fourth-order valence-electron chi connectivity index (χ4n) is 2.91. The Bertz CT molecular complexity index is 903. The number of carbonyl (C=O) groups excluding carboxylic acids is 2. The Hall–Kier alpha value is -3.03. The van der Waals surface area contributed by atoms with E-state index in [9.17, 15) is 14.0 Å². The van der Waals surface area contributed by atoms with Crippen LogP contribution in [0, 0.1) is 12.7 Å². The summed E-state index contributed by atoms with van der Waals surface area (Å²) in [6, 6.07) is 6.10. The van der Waals surface area contributed by atoms with Crippen LogP contribution < -0.4 is 4.90 Å². The van der Waals surface area contributed by atoms with Crippen LogP contribution in [-0.2, 0) is 21.4 Å². The maximum atomic E-state index is 14.4. The van der Waals surface area contributed by atoms with Crippen molar-refractivity contribution in [2.75, 3.05) is 11.9 Å². The van der Waals surface area contributed by atoms with Gasteiger partial charge in [0.05, 0.1) is 17.0 Å². The van der Waals surface area contributed by atoms with Crippen molar-refractivity contribution in [2.24, 2.45) is 12.0 Å². The molecule has 2 aromatic rings. The number of hydrogen-bond donors (Lipinski definition) is 0. The maximum Gasteiger partial charge on any atom is 0.305 e. The van der Waals surface area contributed by atoms with Gasteiger partial charge in [-0.25, -0.2) is 9.38 Å². The molecule has 1 amide bonds. The first-order valence-corrected chi connectivity index (χ1v) is 7.62. The normalized spacial score (nSPS) is 17.0. The summed E-state index contributed by atoms with van der Waals surface area (Å²) in [7, 11) is 3.22. The number of carbonyl (C=O) groups is 2. The second-order valence-corrected chi connectivity index (χ2v) is 5.72. The molecule has 0 spiro atoms. The van der Waals surface area contributed by atoms with Crippen LogP contribution in [0.2, 0.25) is 0 Å². The number of rotatable bonds is 2. The molecule has 0 saturated carbocycles. The molecule has 7 nitrogen and oxygen atoms in total. The zero-order valence-corrected chi connectivity index (χ0v) is 14.3. The van der Waals surface area contributed by atoms with Crippen molar-refractivity contribution in [3.8, 4) is 0 Å². The van der Waals surface area contributed by atoms with E-state index in [1.807, 2.05) is 0 Å². The summed E-state index contributed by atoms with van der Waals surface area (Å²) in [4.78, 5) is 29.7. The van der Waals surface area contributed by atoms with Crippen LogP contribution in [0.5, 0.6) is 0 Å². The summed E-state index contributed by atoms with van der Waals surface area (Å²) in [6.45, 7) is 2.94. The summed E-state index contributed by atoms with van der Waals surface area (Å²) in [5, 5.41) is 4.32. The molecule has 1 aliphatic rings. The molecule has 0 N–H and O–H groups in total. The van der Waals surface area contributed by atoms with Gasteiger partial charge in [0.15, 0.2) is 0 Å². The number of fused-ring (bicyclic) bond motifs is 1.